The fraction of sp³-hybridized carbons (Fsp3) is 0.650. The molecule has 3 unspecified atom stereocenters. The summed E-state index contributed by atoms with van der Waals surface area (Å²) < 4.78 is 0. The molecule has 2 saturated heterocycles. The zero-order valence-corrected chi connectivity index (χ0v) is 15.8. The molecule has 0 saturated carbocycles. The molecule has 1 aromatic rings. The van der Waals surface area contributed by atoms with E-state index in [1.165, 1.54) is 24.9 Å². The number of benzene rings is 1. The van der Waals surface area contributed by atoms with Crippen LogP contribution in [0.4, 0.5) is 0 Å². The van der Waals surface area contributed by atoms with E-state index in [1.807, 2.05) is 6.07 Å². The number of carbonyl (C=O) groups is 1. The Labute approximate surface area is 152 Å². The predicted molar refractivity (Wildman–Crippen MR) is 102 cm³/mol. The molecule has 0 radical (unpaired) electrons. The zero-order chi connectivity index (χ0) is 17.8. The average Bonchev–Trinajstić information content (AvgIpc) is 3.03. The van der Waals surface area contributed by atoms with Crippen molar-refractivity contribution in [3.63, 3.8) is 0 Å². The van der Waals surface area contributed by atoms with Gasteiger partial charge in [-0.1, -0.05) is 30.3 Å². The summed E-state index contributed by atoms with van der Waals surface area (Å²) in [5.41, 5.74) is 1.24. The highest BCUT2D eigenvalue weighted by Gasteiger charge is 2.34. The molecule has 3 rings (SSSR count). The van der Waals surface area contributed by atoms with E-state index in [9.17, 15) is 4.79 Å². The van der Waals surface area contributed by atoms with Crippen LogP contribution < -0.4 is 5.32 Å². The van der Waals surface area contributed by atoms with Gasteiger partial charge >= 0.3 is 0 Å². The van der Waals surface area contributed by atoms with Crippen molar-refractivity contribution in [3.05, 3.63) is 35.9 Å². The Hall–Kier alpha value is -1.43. The van der Waals surface area contributed by atoms with Crippen LogP contribution in [-0.4, -0.2) is 79.5 Å². The SMILES string of the molecule is CC1CN2CCCC2CN1CC(=O)NCC(c1ccccc1)N(C)C. The fourth-order valence-corrected chi connectivity index (χ4v) is 4.19. The second-order valence-electron chi connectivity index (χ2n) is 7.76. The van der Waals surface area contributed by atoms with Crippen molar-refractivity contribution in [1.82, 2.24) is 20.0 Å². The van der Waals surface area contributed by atoms with Crippen molar-refractivity contribution in [2.45, 2.75) is 37.9 Å². The van der Waals surface area contributed by atoms with Gasteiger partial charge in [0.2, 0.25) is 5.91 Å². The maximum absolute atomic E-state index is 12.5. The van der Waals surface area contributed by atoms with Crippen molar-refractivity contribution >= 4 is 5.91 Å². The standard InChI is InChI=1S/C20H32N4O/c1-16-13-23-11-7-10-18(23)14-24(16)15-20(25)21-12-19(22(2)3)17-8-5-4-6-9-17/h4-6,8-9,16,18-19H,7,10-15H2,1-3H3,(H,21,25). The van der Waals surface area contributed by atoms with Gasteiger partial charge in [-0.15, -0.1) is 0 Å². The molecule has 2 aliphatic rings. The highest BCUT2D eigenvalue weighted by molar-refractivity contribution is 5.78. The largest absolute Gasteiger partial charge is 0.353 e. The minimum absolute atomic E-state index is 0.140. The summed E-state index contributed by atoms with van der Waals surface area (Å²) in [6.07, 6.45) is 2.58. The van der Waals surface area contributed by atoms with Crippen LogP contribution >= 0.6 is 0 Å². The molecule has 2 fully saturated rings. The number of hydrogen-bond acceptors (Lipinski definition) is 4. The number of carbonyl (C=O) groups excluding carboxylic acids is 1. The molecular weight excluding hydrogens is 312 g/mol. The maximum Gasteiger partial charge on any atom is 0.234 e. The second-order valence-corrected chi connectivity index (χ2v) is 7.76. The molecule has 5 heteroatoms. The lowest BCUT2D eigenvalue weighted by Gasteiger charge is -2.42. The summed E-state index contributed by atoms with van der Waals surface area (Å²) in [5, 5.41) is 3.15. The molecule has 1 aromatic carbocycles. The van der Waals surface area contributed by atoms with E-state index in [0.29, 0.717) is 25.2 Å². The van der Waals surface area contributed by atoms with Crippen LogP contribution in [-0.2, 0) is 4.79 Å². The highest BCUT2D eigenvalue weighted by Crippen LogP contribution is 2.24. The van der Waals surface area contributed by atoms with Gasteiger partial charge in [0.1, 0.15) is 0 Å². The van der Waals surface area contributed by atoms with Gasteiger partial charge in [-0.05, 0) is 46.0 Å². The third kappa shape index (κ3) is 4.60. The first kappa shape index (κ1) is 18.4. The first-order valence-corrected chi connectivity index (χ1v) is 9.50. The summed E-state index contributed by atoms with van der Waals surface area (Å²) in [4.78, 5) is 19.6. The molecule has 0 spiro atoms. The second kappa shape index (κ2) is 8.30. The van der Waals surface area contributed by atoms with Crippen molar-refractivity contribution in [1.29, 1.82) is 0 Å². The summed E-state index contributed by atoms with van der Waals surface area (Å²) in [7, 11) is 4.12. The number of likely N-dealkylation sites (N-methyl/N-ethyl adjacent to an activating group) is 1. The van der Waals surface area contributed by atoms with E-state index in [0.717, 1.165) is 13.1 Å². The average molecular weight is 345 g/mol. The van der Waals surface area contributed by atoms with Crippen LogP contribution in [0.5, 0.6) is 0 Å². The van der Waals surface area contributed by atoms with Gasteiger partial charge in [-0.2, -0.15) is 0 Å². The number of fused-ring (bicyclic) bond motifs is 1. The predicted octanol–water partition coefficient (Wildman–Crippen LogP) is 1.57. The Bertz CT molecular complexity index is 562. The molecule has 3 atom stereocenters. The van der Waals surface area contributed by atoms with Gasteiger partial charge in [0.25, 0.3) is 0 Å². The Morgan fingerprint density at radius 3 is 2.76 bits per heavy atom. The van der Waals surface area contributed by atoms with Crippen molar-refractivity contribution in [3.8, 4) is 0 Å². The van der Waals surface area contributed by atoms with Gasteiger partial charge in [0.05, 0.1) is 12.6 Å². The number of piperazine rings is 1. The topological polar surface area (TPSA) is 38.8 Å². The lowest BCUT2D eigenvalue weighted by atomic mass is 10.1. The molecule has 5 nitrogen and oxygen atoms in total. The van der Waals surface area contributed by atoms with Gasteiger partial charge in [0.15, 0.2) is 0 Å². The molecule has 0 bridgehead atoms. The minimum Gasteiger partial charge on any atom is -0.353 e. The van der Waals surface area contributed by atoms with Gasteiger partial charge in [-0.3, -0.25) is 14.6 Å². The van der Waals surface area contributed by atoms with Crippen molar-refractivity contribution < 1.29 is 4.79 Å². The third-order valence-corrected chi connectivity index (χ3v) is 5.71. The van der Waals surface area contributed by atoms with E-state index < -0.39 is 0 Å². The summed E-state index contributed by atoms with van der Waals surface area (Å²) >= 11 is 0. The number of amides is 1. The van der Waals surface area contributed by atoms with E-state index in [1.54, 1.807) is 0 Å². The lowest BCUT2D eigenvalue weighted by Crippen LogP contribution is -2.57. The van der Waals surface area contributed by atoms with Crippen LogP contribution in [0.25, 0.3) is 0 Å². The van der Waals surface area contributed by atoms with Gasteiger partial charge < -0.3 is 10.2 Å². The smallest absolute Gasteiger partial charge is 0.234 e. The number of rotatable bonds is 6. The molecule has 1 N–H and O–H groups in total. The van der Waals surface area contributed by atoms with E-state index in [2.05, 4.69) is 65.3 Å². The number of nitrogens with zero attached hydrogens (tertiary/aromatic N) is 3. The molecule has 138 valence electrons. The Kier molecular flexibility index (Phi) is 6.10. The molecule has 0 aromatic heterocycles. The molecular formula is C20H32N4O. The van der Waals surface area contributed by atoms with Crippen LogP contribution in [0.1, 0.15) is 31.4 Å². The minimum atomic E-state index is 0.140. The van der Waals surface area contributed by atoms with E-state index in [4.69, 9.17) is 0 Å². The maximum atomic E-state index is 12.5. The normalized spacial score (nSPS) is 25.8. The summed E-state index contributed by atoms with van der Waals surface area (Å²) in [5.74, 6) is 0.140. The Morgan fingerprint density at radius 2 is 2.04 bits per heavy atom. The number of hydrogen-bond donors (Lipinski definition) is 1. The van der Waals surface area contributed by atoms with E-state index >= 15 is 0 Å². The zero-order valence-electron chi connectivity index (χ0n) is 15.8. The highest BCUT2D eigenvalue weighted by atomic mass is 16.2. The van der Waals surface area contributed by atoms with Crippen LogP contribution in [0, 0.1) is 0 Å². The van der Waals surface area contributed by atoms with Crippen molar-refractivity contribution in [2.24, 2.45) is 0 Å². The number of nitrogens with one attached hydrogen (secondary N) is 1. The van der Waals surface area contributed by atoms with Crippen molar-refractivity contribution in [2.75, 3.05) is 46.8 Å². The molecule has 25 heavy (non-hydrogen) atoms. The summed E-state index contributed by atoms with van der Waals surface area (Å²) in [6, 6.07) is 11.7. The third-order valence-electron chi connectivity index (χ3n) is 5.71. The fourth-order valence-electron chi connectivity index (χ4n) is 4.19. The lowest BCUT2D eigenvalue weighted by molar-refractivity contribution is -0.123. The van der Waals surface area contributed by atoms with Crippen LogP contribution in [0.2, 0.25) is 0 Å². The Balaban J connectivity index is 1.51. The molecule has 1 amide bonds. The first-order chi connectivity index (χ1) is 12.0. The van der Waals surface area contributed by atoms with E-state index in [-0.39, 0.29) is 11.9 Å². The molecule has 2 heterocycles. The molecule has 2 aliphatic heterocycles. The quantitative estimate of drug-likeness (QED) is 0.850. The summed E-state index contributed by atoms with van der Waals surface area (Å²) in [6.45, 7) is 6.77. The van der Waals surface area contributed by atoms with Gasteiger partial charge in [0, 0.05) is 31.7 Å². The van der Waals surface area contributed by atoms with Crippen LogP contribution in [0.3, 0.4) is 0 Å². The Morgan fingerprint density at radius 1 is 1.28 bits per heavy atom. The van der Waals surface area contributed by atoms with Crippen LogP contribution in [0.15, 0.2) is 30.3 Å². The monoisotopic (exact) mass is 344 g/mol. The van der Waals surface area contributed by atoms with Gasteiger partial charge in [-0.25, -0.2) is 0 Å². The first-order valence-electron chi connectivity index (χ1n) is 9.50. The molecule has 0 aliphatic carbocycles.